The molecule has 0 heterocycles. The minimum Gasteiger partial charge on any atom is -0.396 e. The Morgan fingerprint density at radius 1 is 1.40 bits per heavy atom. The number of thioether (sulfide) groups is 1. The van der Waals surface area contributed by atoms with Crippen LogP contribution in [0, 0.1) is 5.82 Å². The minimum absolute atomic E-state index is 0.0518. The van der Waals surface area contributed by atoms with Gasteiger partial charge in [0.05, 0.1) is 10.6 Å². The third-order valence-electron chi connectivity index (χ3n) is 3.56. The lowest BCUT2D eigenvalue weighted by Gasteiger charge is -2.28. The van der Waals surface area contributed by atoms with Crippen LogP contribution in [0.4, 0.5) is 10.1 Å². The molecule has 0 bridgehead atoms. The Hall–Kier alpha value is -0.790. The lowest BCUT2D eigenvalue weighted by atomic mass is 9.96. The number of sulfonamides is 1. The summed E-state index contributed by atoms with van der Waals surface area (Å²) in [4.78, 5) is -0.0736. The number of anilines is 1. The maximum Gasteiger partial charge on any atom is 0.240 e. The van der Waals surface area contributed by atoms with Crippen LogP contribution in [-0.2, 0) is 10.0 Å². The molecule has 2 atom stereocenters. The second kappa shape index (κ2) is 6.32. The maximum atomic E-state index is 13.4. The number of nitrogens with two attached hydrogens (primary N) is 1. The van der Waals surface area contributed by atoms with Gasteiger partial charge in [0, 0.05) is 11.3 Å². The first-order valence-electron chi connectivity index (χ1n) is 6.52. The molecule has 0 aromatic heterocycles. The van der Waals surface area contributed by atoms with Crippen LogP contribution in [0.5, 0.6) is 0 Å². The van der Waals surface area contributed by atoms with E-state index in [1.165, 1.54) is 12.1 Å². The Kier molecular flexibility index (Phi) is 4.93. The monoisotopic (exact) mass is 318 g/mol. The van der Waals surface area contributed by atoms with Crippen LogP contribution in [-0.4, -0.2) is 26.0 Å². The minimum atomic E-state index is -3.69. The zero-order valence-electron chi connectivity index (χ0n) is 11.3. The fraction of sp³-hybridized carbons (Fsp3) is 0.538. The Bertz CT molecular complexity index is 578. The van der Waals surface area contributed by atoms with E-state index >= 15 is 0 Å². The van der Waals surface area contributed by atoms with Gasteiger partial charge in [0.1, 0.15) is 5.82 Å². The molecule has 1 aromatic rings. The molecule has 2 unspecified atom stereocenters. The first kappa shape index (κ1) is 15.6. The highest BCUT2D eigenvalue weighted by atomic mass is 32.2. The average molecular weight is 318 g/mol. The van der Waals surface area contributed by atoms with Crippen molar-refractivity contribution >= 4 is 27.5 Å². The summed E-state index contributed by atoms with van der Waals surface area (Å²) in [5.74, 6) is -0.710. The molecule has 7 heteroatoms. The van der Waals surface area contributed by atoms with Gasteiger partial charge in [-0.2, -0.15) is 11.8 Å². The van der Waals surface area contributed by atoms with E-state index in [0.29, 0.717) is 5.25 Å². The summed E-state index contributed by atoms with van der Waals surface area (Å²) in [7, 11) is -3.69. The van der Waals surface area contributed by atoms with Gasteiger partial charge in [0.2, 0.25) is 10.0 Å². The van der Waals surface area contributed by atoms with E-state index in [9.17, 15) is 12.8 Å². The number of halogens is 1. The van der Waals surface area contributed by atoms with Crippen LogP contribution in [0.25, 0.3) is 0 Å². The smallest absolute Gasteiger partial charge is 0.240 e. The molecule has 20 heavy (non-hydrogen) atoms. The van der Waals surface area contributed by atoms with Gasteiger partial charge < -0.3 is 5.73 Å². The van der Waals surface area contributed by atoms with Gasteiger partial charge in [-0.1, -0.05) is 6.42 Å². The van der Waals surface area contributed by atoms with Gasteiger partial charge in [0.15, 0.2) is 0 Å². The third-order valence-corrected chi connectivity index (χ3v) is 6.18. The summed E-state index contributed by atoms with van der Waals surface area (Å²) in [5.41, 5.74) is 5.31. The Morgan fingerprint density at radius 3 is 2.80 bits per heavy atom. The molecular weight excluding hydrogens is 299 g/mol. The standard InChI is InChI=1S/C13H19FN2O2S2/c1-19-10-4-2-3-9(7-10)16-20(17,18)11-5-6-13(15)12(14)8-11/h5-6,8-10,16H,2-4,7,15H2,1H3. The topological polar surface area (TPSA) is 72.2 Å². The summed E-state index contributed by atoms with van der Waals surface area (Å²) < 4.78 is 40.5. The molecule has 0 spiro atoms. The molecule has 3 N–H and O–H groups in total. The second-order valence-electron chi connectivity index (χ2n) is 5.03. The summed E-state index contributed by atoms with van der Waals surface area (Å²) in [6.45, 7) is 0. The summed E-state index contributed by atoms with van der Waals surface area (Å²) in [6, 6.07) is 3.49. The van der Waals surface area contributed by atoms with E-state index in [1.807, 2.05) is 6.26 Å². The van der Waals surface area contributed by atoms with Crippen molar-refractivity contribution in [2.45, 2.75) is 41.9 Å². The highest BCUT2D eigenvalue weighted by molar-refractivity contribution is 7.99. The van der Waals surface area contributed by atoms with Gasteiger partial charge in [-0.15, -0.1) is 0 Å². The van der Waals surface area contributed by atoms with Gasteiger partial charge in [-0.05, 0) is 43.7 Å². The molecule has 1 aliphatic carbocycles. The van der Waals surface area contributed by atoms with Crippen molar-refractivity contribution in [1.82, 2.24) is 4.72 Å². The number of nitrogen functional groups attached to an aromatic ring is 1. The van der Waals surface area contributed by atoms with Crippen LogP contribution in [0.2, 0.25) is 0 Å². The van der Waals surface area contributed by atoms with Crippen molar-refractivity contribution in [3.63, 3.8) is 0 Å². The Labute approximate surface area is 123 Å². The molecule has 0 amide bonds. The summed E-state index contributed by atoms with van der Waals surface area (Å²) >= 11 is 1.76. The van der Waals surface area contributed by atoms with Gasteiger partial charge in [0.25, 0.3) is 0 Å². The first-order chi connectivity index (χ1) is 9.42. The van der Waals surface area contributed by atoms with Crippen molar-refractivity contribution in [1.29, 1.82) is 0 Å². The normalized spacial score (nSPS) is 23.7. The molecule has 0 radical (unpaired) electrons. The highest BCUT2D eigenvalue weighted by Gasteiger charge is 2.26. The molecule has 0 saturated heterocycles. The van der Waals surface area contributed by atoms with E-state index < -0.39 is 15.8 Å². The molecule has 112 valence electrons. The number of hydrogen-bond acceptors (Lipinski definition) is 4. The predicted octanol–water partition coefficient (Wildman–Crippen LogP) is 2.36. The van der Waals surface area contributed by atoms with Crippen molar-refractivity contribution in [3.8, 4) is 0 Å². The molecule has 0 aliphatic heterocycles. The zero-order chi connectivity index (χ0) is 14.8. The van der Waals surface area contributed by atoms with Gasteiger partial charge in [-0.3, -0.25) is 0 Å². The molecule has 1 fully saturated rings. The third kappa shape index (κ3) is 3.65. The lowest BCUT2D eigenvalue weighted by Crippen LogP contribution is -2.39. The predicted molar refractivity (Wildman–Crippen MR) is 80.7 cm³/mol. The van der Waals surface area contributed by atoms with E-state index in [2.05, 4.69) is 4.72 Å². The molecular formula is C13H19FN2O2S2. The second-order valence-corrected chi connectivity index (χ2v) is 7.88. The van der Waals surface area contributed by atoms with Crippen molar-refractivity contribution in [3.05, 3.63) is 24.0 Å². The van der Waals surface area contributed by atoms with Gasteiger partial charge in [-0.25, -0.2) is 17.5 Å². The van der Waals surface area contributed by atoms with Crippen LogP contribution >= 0.6 is 11.8 Å². The zero-order valence-corrected chi connectivity index (χ0v) is 12.9. The molecule has 1 aromatic carbocycles. The SMILES string of the molecule is CSC1CCCC(NS(=O)(=O)c2ccc(N)c(F)c2)C1. The largest absolute Gasteiger partial charge is 0.396 e. The number of hydrogen-bond donors (Lipinski definition) is 2. The van der Waals surface area contributed by atoms with Crippen molar-refractivity contribution in [2.75, 3.05) is 12.0 Å². The average Bonchev–Trinajstić information content (AvgIpc) is 2.41. The van der Waals surface area contributed by atoms with E-state index in [0.717, 1.165) is 31.7 Å². The van der Waals surface area contributed by atoms with E-state index in [1.54, 1.807) is 11.8 Å². The lowest BCUT2D eigenvalue weighted by molar-refractivity contribution is 0.420. The first-order valence-corrected chi connectivity index (χ1v) is 9.29. The molecule has 4 nitrogen and oxygen atoms in total. The number of benzene rings is 1. The Balaban J connectivity index is 2.12. The maximum absolute atomic E-state index is 13.4. The van der Waals surface area contributed by atoms with E-state index in [4.69, 9.17) is 5.73 Å². The fourth-order valence-electron chi connectivity index (χ4n) is 2.43. The number of rotatable bonds is 4. The summed E-state index contributed by atoms with van der Waals surface area (Å²) in [5, 5.41) is 0.486. The van der Waals surface area contributed by atoms with Crippen LogP contribution in [0.15, 0.2) is 23.1 Å². The molecule has 1 aliphatic rings. The van der Waals surface area contributed by atoms with E-state index in [-0.39, 0.29) is 16.6 Å². The van der Waals surface area contributed by atoms with Crippen LogP contribution < -0.4 is 10.5 Å². The molecule has 2 rings (SSSR count). The van der Waals surface area contributed by atoms with Crippen molar-refractivity contribution < 1.29 is 12.8 Å². The Morgan fingerprint density at radius 2 is 2.15 bits per heavy atom. The van der Waals surface area contributed by atoms with Crippen LogP contribution in [0.3, 0.4) is 0 Å². The summed E-state index contributed by atoms with van der Waals surface area (Å²) in [6.07, 6.45) is 5.81. The quantitative estimate of drug-likeness (QED) is 0.836. The highest BCUT2D eigenvalue weighted by Crippen LogP contribution is 2.28. The van der Waals surface area contributed by atoms with Gasteiger partial charge >= 0.3 is 0 Å². The number of nitrogens with one attached hydrogen (secondary N) is 1. The van der Waals surface area contributed by atoms with Crippen molar-refractivity contribution in [2.24, 2.45) is 0 Å². The van der Waals surface area contributed by atoms with Crippen LogP contribution in [0.1, 0.15) is 25.7 Å². The fourth-order valence-corrected chi connectivity index (χ4v) is 4.55. The molecule has 1 saturated carbocycles.